The zero-order valence-corrected chi connectivity index (χ0v) is 18.0. The van der Waals surface area contributed by atoms with Gasteiger partial charge in [-0.1, -0.05) is 60.1 Å². The number of rotatable bonds is 3. The average Bonchev–Trinajstić information content (AvgIpc) is 3.41. The highest BCUT2D eigenvalue weighted by molar-refractivity contribution is 6.46. The summed E-state index contributed by atoms with van der Waals surface area (Å²) in [5.74, 6) is -1.76. The minimum Gasteiger partial charge on any atom is -0.345 e. The predicted molar refractivity (Wildman–Crippen MR) is 127 cm³/mol. The fourth-order valence-corrected chi connectivity index (χ4v) is 4.91. The fraction of sp³-hybridized carbons (Fsp3) is 0.0769. The number of carbonyl (C=O) groups excluding carboxylic acids is 2. The van der Waals surface area contributed by atoms with Crippen LogP contribution in [0.4, 0.5) is 5.69 Å². The van der Waals surface area contributed by atoms with E-state index in [2.05, 4.69) is 15.0 Å². The van der Waals surface area contributed by atoms with Crippen LogP contribution < -0.4 is 4.90 Å². The van der Waals surface area contributed by atoms with Gasteiger partial charge < -0.3 is 4.98 Å². The van der Waals surface area contributed by atoms with E-state index in [4.69, 9.17) is 11.6 Å². The number of amides is 1. The molecule has 1 aliphatic heterocycles. The van der Waals surface area contributed by atoms with Crippen molar-refractivity contribution >= 4 is 50.9 Å². The van der Waals surface area contributed by atoms with Gasteiger partial charge in [-0.2, -0.15) is 0 Å². The number of benzene rings is 3. The smallest absolute Gasteiger partial charge is 0.295 e. The lowest BCUT2D eigenvalue weighted by Gasteiger charge is -2.28. The number of halogens is 1. The summed E-state index contributed by atoms with van der Waals surface area (Å²) in [5, 5.41) is 1.16. The van der Waals surface area contributed by atoms with Crippen molar-refractivity contribution in [2.75, 3.05) is 4.90 Å². The monoisotopic (exact) mass is 452 g/mol. The van der Waals surface area contributed by atoms with Gasteiger partial charge in [0.25, 0.3) is 5.91 Å². The van der Waals surface area contributed by atoms with Crippen molar-refractivity contribution in [3.05, 3.63) is 101 Å². The Balaban J connectivity index is 1.60. The summed E-state index contributed by atoms with van der Waals surface area (Å²) < 4.78 is 0. The maximum Gasteiger partial charge on any atom is 0.295 e. The minimum absolute atomic E-state index is 0.273. The average molecular weight is 453 g/mol. The second-order valence-electron chi connectivity index (χ2n) is 8.04. The normalized spacial score (nSPS) is 18.5. The van der Waals surface area contributed by atoms with E-state index in [0.29, 0.717) is 11.3 Å². The molecule has 160 valence electrons. The van der Waals surface area contributed by atoms with Crippen molar-refractivity contribution in [1.29, 1.82) is 0 Å². The van der Waals surface area contributed by atoms with Crippen molar-refractivity contribution in [2.45, 2.75) is 12.0 Å². The minimum atomic E-state index is -0.711. The summed E-state index contributed by atoms with van der Waals surface area (Å²) in [7, 11) is 0. The molecule has 2 aromatic heterocycles. The van der Waals surface area contributed by atoms with Crippen LogP contribution in [0.2, 0.25) is 5.15 Å². The van der Waals surface area contributed by atoms with Crippen LogP contribution >= 0.6 is 11.6 Å². The molecule has 1 fully saturated rings. The molecule has 1 saturated heterocycles. The zero-order valence-electron chi connectivity index (χ0n) is 17.3. The molecule has 0 saturated carbocycles. The van der Waals surface area contributed by atoms with Crippen LogP contribution in [0, 0.1) is 0 Å². The highest BCUT2D eigenvalue weighted by Crippen LogP contribution is 2.47. The third kappa shape index (κ3) is 3.10. The van der Waals surface area contributed by atoms with Gasteiger partial charge >= 0.3 is 0 Å². The first-order chi connectivity index (χ1) is 16.1. The molecule has 1 amide bonds. The molecule has 0 radical (unpaired) electrons. The van der Waals surface area contributed by atoms with Gasteiger partial charge in [0.2, 0.25) is 5.78 Å². The first-order valence-corrected chi connectivity index (χ1v) is 10.9. The highest BCUT2D eigenvalue weighted by Gasteiger charge is 2.50. The number of aromatic nitrogens is 3. The number of fused-ring (bicyclic) bond motifs is 2. The third-order valence-electron chi connectivity index (χ3n) is 6.17. The molecule has 0 aliphatic carbocycles. The fourth-order valence-electron chi connectivity index (χ4n) is 4.65. The Kier molecular flexibility index (Phi) is 4.48. The standard InChI is InChI=1S/C26H17ClN4O2/c27-25-18(12-16-8-4-5-9-19(16)30-25)23-22(15-6-2-1-3-7-15)24(32)26(33)31(23)17-10-11-20-21(13-17)29-14-28-20/h1-14,22-23H,(H,28,29). The van der Waals surface area contributed by atoms with E-state index in [-0.39, 0.29) is 5.15 Å². The van der Waals surface area contributed by atoms with Gasteiger partial charge in [-0.15, -0.1) is 0 Å². The largest absolute Gasteiger partial charge is 0.345 e. The lowest BCUT2D eigenvalue weighted by molar-refractivity contribution is -0.134. The number of carbonyl (C=O) groups is 2. The van der Waals surface area contributed by atoms with E-state index >= 15 is 0 Å². The van der Waals surface area contributed by atoms with E-state index in [1.165, 1.54) is 4.90 Å². The van der Waals surface area contributed by atoms with Crippen LogP contribution in [-0.4, -0.2) is 26.6 Å². The number of Topliss-reactive ketones (excluding diaryl/α,β-unsaturated/α-hetero) is 1. The Morgan fingerprint density at radius 2 is 1.67 bits per heavy atom. The predicted octanol–water partition coefficient (Wildman–Crippen LogP) is 5.21. The molecule has 3 heterocycles. The Morgan fingerprint density at radius 3 is 2.52 bits per heavy atom. The van der Waals surface area contributed by atoms with Gasteiger partial charge in [-0.25, -0.2) is 9.97 Å². The molecule has 1 N–H and O–H groups in total. The van der Waals surface area contributed by atoms with Gasteiger partial charge in [0, 0.05) is 16.6 Å². The molecule has 33 heavy (non-hydrogen) atoms. The maximum atomic E-state index is 13.4. The van der Waals surface area contributed by atoms with Gasteiger partial charge in [-0.05, 0) is 35.9 Å². The molecule has 2 atom stereocenters. The van der Waals surface area contributed by atoms with Crippen LogP contribution in [0.25, 0.3) is 21.9 Å². The molecular formula is C26H17ClN4O2. The molecule has 1 aliphatic rings. The van der Waals surface area contributed by atoms with Gasteiger partial charge in [0.1, 0.15) is 5.15 Å². The second-order valence-corrected chi connectivity index (χ2v) is 8.40. The van der Waals surface area contributed by atoms with E-state index in [1.54, 1.807) is 12.4 Å². The molecule has 2 unspecified atom stereocenters. The molecule has 3 aromatic carbocycles. The van der Waals surface area contributed by atoms with Crippen molar-refractivity contribution in [3.63, 3.8) is 0 Å². The number of para-hydroxylation sites is 1. The molecule has 6 nitrogen and oxygen atoms in total. The van der Waals surface area contributed by atoms with Crippen molar-refractivity contribution in [3.8, 4) is 0 Å². The van der Waals surface area contributed by atoms with Crippen LogP contribution in [0.5, 0.6) is 0 Å². The number of ketones is 1. The Bertz CT molecular complexity index is 1550. The maximum absolute atomic E-state index is 13.4. The lowest BCUT2D eigenvalue weighted by atomic mass is 9.87. The molecular weight excluding hydrogens is 436 g/mol. The topological polar surface area (TPSA) is 79.0 Å². The Labute approximate surface area is 193 Å². The Morgan fingerprint density at radius 1 is 0.879 bits per heavy atom. The van der Waals surface area contributed by atoms with Crippen molar-refractivity contribution in [2.24, 2.45) is 0 Å². The number of anilines is 1. The SMILES string of the molecule is O=C1C(=O)N(c2ccc3nc[nH]c3c2)C(c2cc3ccccc3nc2Cl)C1c1ccccc1. The summed E-state index contributed by atoms with van der Waals surface area (Å²) >= 11 is 6.69. The highest BCUT2D eigenvalue weighted by atomic mass is 35.5. The third-order valence-corrected chi connectivity index (χ3v) is 6.47. The molecule has 0 spiro atoms. The summed E-state index contributed by atoms with van der Waals surface area (Å²) in [4.78, 5) is 40.2. The first kappa shape index (κ1) is 19.6. The van der Waals surface area contributed by atoms with E-state index < -0.39 is 23.7 Å². The van der Waals surface area contributed by atoms with E-state index in [9.17, 15) is 9.59 Å². The Hall–Kier alpha value is -4.03. The molecule has 0 bridgehead atoms. The van der Waals surface area contributed by atoms with Crippen LogP contribution in [0.15, 0.2) is 85.2 Å². The number of aromatic amines is 1. The van der Waals surface area contributed by atoms with Gasteiger partial charge in [-0.3, -0.25) is 14.5 Å². The number of pyridine rings is 1. The lowest BCUT2D eigenvalue weighted by Crippen LogP contribution is -2.29. The van der Waals surface area contributed by atoms with E-state index in [1.807, 2.05) is 72.8 Å². The number of nitrogens with one attached hydrogen (secondary N) is 1. The second kappa shape index (κ2) is 7.53. The number of hydrogen-bond acceptors (Lipinski definition) is 4. The van der Waals surface area contributed by atoms with Crippen molar-refractivity contribution in [1.82, 2.24) is 15.0 Å². The van der Waals surface area contributed by atoms with Crippen LogP contribution in [0.3, 0.4) is 0 Å². The number of nitrogens with zero attached hydrogens (tertiary/aromatic N) is 3. The number of imidazole rings is 1. The quantitative estimate of drug-likeness (QED) is 0.301. The molecule has 5 aromatic rings. The van der Waals surface area contributed by atoms with Crippen LogP contribution in [-0.2, 0) is 9.59 Å². The molecule has 7 heteroatoms. The van der Waals surface area contributed by atoms with Crippen molar-refractivity contribution < 1.29 is 9.59 Å². The zero-order chi connectivity index (χ0) is 22.5. The summed E-state index contributed by atoms with van der Waals surface area (Å²) in [6.07, 6.45) is 1.60. The number of hydrogen-bond donors (Lipinski definition) is 1. The molecule has 6 rings (SSSR count). The summed E-state index contributed by atoms with van der Waals surface area (Å²) in [6.45, 7) is 0. The van der Waals surface area contributed by atoms with Gasteiger partial charge in [0.15, 0.2) is 0 Å². The number of H-pyrrole nitrogens is 1. The van der Waals surface area contributed by atoms with Crippen LogP contribution in [0.1, 0.15) is 23.1 Å². The summed E-state index contributed by atoms with van der Waals surface area (Å²) in [5.41, 5.74) is 4.29. The first-order valence-electron chi connectivity index (χ1n) is 10.5. The van der Waals surface area contributed by atoms with E-state index in [0.717, 1.165) is 27.5 Å². The summed E-state index contributed by atoms with van der Waals surface area (Å²) in [6, 6.07) is 23.7. The van der Waals surface area contributed by atoms with Gasteiger partial charge in [0.05, 0.1) is 34.8 Å².